The number of nitrogens with zero attached hydrogens (tertiary/aromatic N) is 1. The molecule has 0 amide bonds. The average molecular weight is 375 g/mol. The van der Waals surface area contributed by atoms with Crippen molar-refractivity contribution in [3.05, 3.63) is 41.5 Å². The van der Waals surface area contributed by atoms with Crippen LogP contribution in [0, 0.1) is 24.2 Å². The number of hydrogen-bond donors (Lipinski definition) is 1. The third-order valence-electron chi connectivity index (χ3n) is 6.03. The van der Waals surface area contributed by atoms with Crippen molar-refractivity contribution in [1.29, 1.82) is 0 Å². The summed E-state index contributed by atoms with van der Waals surface area (Å²) >= 11 is 0. The second kappa shape index (κ2) is 7.18. The summed E-state index contributed by atoms with van der Waals surface area (Å²) in [7, 11) is -3.59. The van der Waals surface area contributed by atoms with Crippen LogP contribution in [-0.4, -0.2) is 14.1 Å². The number of aryl methyl sites for hydroxylation is 1. The first-order valence-electron chi connectivity index (χ1n) is 9.52. The Kier molecular flexibility index (Phi) is 5.29. The molecule has 3 unspecified atom stereocenters. The quantitative estimate of drug-likeness (QED) is 0.574. The molecule has 1 N–H and O–H groups in total. The van der Waals surface area contributed by atoms with E-state index in [0.29, 0.717) is 11.8 Å². The van der Waals surface area contributed by atoms with Crippen LogP contribution >= 0.6 is 0 Å². The minimum atomic E-state index is -3.59. The van der Waals surface area contributed by atoms with Gasteiger partial charge in [0.15, 0.2) is 0 Å². The molecule has 0 radical (unpaired) electrons. The molecular weight excluding hydrogens is 344 g/mol. The van der Waals surface area contributed by atoms with Crippen molar-refractivity contribution in [2.45, 2.75) is 64.7 Å². The highest BCUT2D eigenvalue weighted by atomic mass is 32.2. The van der Waals surface area contributed by atoms with E-state index in [2.05, 4.69) is 36.8 Å². The van der Waals surface area contributed by atoms with Gasteiger partial charge in [-0.15, -0.1) is 0 Å². The van der Waals surface area contributed by atoms with Gasteiger partial charge >= 0.3 is 0 Å². The zero-order valence-electron chi connectivity index (χ0n) is 16.2. The van der Waals surface area contributed by atoms with Gasteiger partial charge in [-0.25, -0.2) is 4.83 Å². The number of sulfonamides is 1. The van der Waals surface area contributed by atoms with Gasteiger partial charge in [0.05, 0.1) is 4.90 Å². The smallest absolute Gasteiger partial charge is 0.200 e. The van der Waals surface area contributed by atoms with Gasteiger partial charge < -0.3 is 0 Å². The summed E-state index contributed by atoms with van der Waals surface area (Å²) in [5.74, 6) is 1.09. The summed E-state index contributed by atoms with van der Waals surface area (Å²) in [5, 5.41) is 4.38. The van der Waals surface area contributed by atoms with Crippen LogP contribution < -0.4 is 4.83 Å². The molecule has 0 aliphatic heterocycles. The summed E-state index contributed by atoms with van der Waals surface area (Å²) in [5.41, 5.74) is 3.71. The Morgan fingerprint density at radius 3 is 2.65 bits per heavy atom. The maximum Gasteiger partial charge on any atom is 0.276 e. The van der Waals surface area contributed by atoms with Crippen LogP contribution in [-0.2, 0) is 10.0 Å². The van der Waals surface area contributed by atoms with E-state index >= 15 is 0 Å². The first-order chi connectivity index (χ1) is 12.2. The highest BCUT2D eigenvalue weighted by Gasteiger charge is 2.63. The summed E-state index contributed by atoms with van der Waals surface area (Å²) in [4.78, 5) is 2.75. The molecule has 2 aliphatic carbocycles. The van der Waals surface area contributed by atoms with E-state index in [0.717, 1.165) is 37.0 Å². The zero-order valence-corrected chi connectivity index (χ0v) is 17.1. The highest BCUT2D eigenvalue weighted by molar-refractivity contribution is 7.89. The average Bonchev–Trinajstić information content (AvgIpc) is 3.19. The Morgan fingerprint density at radius 2 is 2.00 bits per heavy atom. The van der Waals surface area contributed by atoms with Crippen LogP contribution in [0.1, 0.15) is 58.4 Å². The van der Waals surface area contributed by atoms with Gasteiger partial charge in [-0.2, -0.15) is 13.5 Å². The van der Waals surface area contributed by atoms with E-state index in [-0.39, 0.29) is 10.3 Å². The van der Waals surface area contributed by atoms with E-state index in [1.54, 1.807) is 24.3 Å². The highest BCUT2D eigenvalue weighted by Crippen LogP contribution is 2.66. The van der Waals surface area contributed by atoms with Crippen LogP contribution in [0.5, 0.6) is 0 Å². The van der Waals surface area contributed by atoms with E-state index in [4.69, 9.17) is 0 Å². The van der Waals surface area contributed by atoms with Crippen LogP contribution in [0.2, 0.25) is 0 Å². The lowest BCUT2D eigenvalue weighted by molar-refractivity contribution is 0.447. The van der Waals surface area contributed by atoms with Crippen LogP contribution in [0.15, 0.2) is 45.9 Å². The van der Waals surface area contributed by atoms with Crippen LogP contribution in [0.25, 0.3) is 0 Å². The lowest BCUT2D eigenvalue weighted by Crippen LogP contribution is -2.22. The van der Waals surface area contributed by atoms with Crippen molar-refractivity contribution in [2.75, 3.05) is 0 Å². The summed E-state index contributed by atoms with van der Waals surface area (Å²) in [6.45, 7) is 8.55. The standard InChI is InChI=1S/C21H30N2O2S/c1-15(2)7-6-14-21(4)18-8-5-9-19(20(18)21)22-23-26(24,25)17-12-10-16(3)11-13-17/h7,10-13,18,20,23H,5-6,8-9,14H2,1-4H3/b22-19-. The largest absolute Gasteiger partial charge is 0.276 e. The molecule has 26 heavy (non-hydrogen) atoms. The fraction of sp³-hybridized carbons (Fsp3) is 0.571. The fourth-order valence-corrected chi connectivity index (χ4v) is 5.29. The van der Waals surface area contributed by atoms with Crippen LogP contribution in [0.4, 0.5) is 0 Å². The van der Waals surface area contributed by atoms with Gasteiger partial charge in [-0.1, -0.05) is 36.3 Å². The molecule has 0 spiro atoms. The molecule has 2 fully saturated rings. The number of rotatable bonds is 6. The second-order valence-electron chi connectivity index (χ2n) is 8.31. The van der Waals surface area contributed by atoms with Gasteiger partial charge in [0.2, 0.25) is 0 Å². The molecule has 4 nitrogen and oxygen atoms in total. The Balaban J connectivity index is 1.71. The monoisotopic (exact) mass is 374 g/mol. The van der Waals surface area contributed by atoms with Crippen LogP contribution in [0.3, 0.4) is 0 Å². The molecule has 2 aliphatic rings. The van der Waals surface area contributed by atoms with Gasteiger partial charge in [0.25, 0.3) is 10.0 Å². The lowest BCUT2D eigenvalue weighted by atomic mass is 9.96. The summed E-state index contributed by atoms with van der Waals surface area (Å²) in [6, 6.07) is 6.86. The molecule has 3 atom stereocenters. The molecule has 0 bridgehead atoms. The first-order valence-corrected chi connectivity index (χ1v) is 11.0. The molecule has 2 saturated carbocycles. The topological polar surface area (TPSA) is 58.5 Å². The molecule has 1 aromatic rings. The van der Waals surface area contributed by atoms with Crippen molar-refractivity contribution in [2.24, 2.45) is 22.4 Å². The molecule has 0 aromatic heterocycles. The molecule has 3 rings (SSSR count). The number of fused-ring (bicyclic) bond motifs is 1. The Bertz CT molecular complexity index is 820. The molecular formula is C21H30N2O2S. The number of benzene rings is 1. The Morgan fingerprint density at radius 1 is 1.31 bits per heavy atom. The first kappa shape index (κ1) is 19.2. The van der Waals surface area contributed by atoms with E-state index in [9.17, 15) is 8.42 Å². The Labute approximate surface area is 157 Å². The van der Waals surface area contributed by atoms with Gasteiger partial charge in [0.1, 0.15) is 0 Å². The summed E-state index contributed by atoms with van der Waals surface area (Å²) in [6.07, 6.45) is 7.78. The second-order valence-corrected chi connectivity index (χ2v) is 9.97. The third kappa shape index (κ3) is 3.88. The third-order valence-corrected chi connectivity index (χ3v) is 7.26. The number of hydrogen-bond acceptors (Lipinski definition) is 3. The van der Waals surface area contributed by atoms with Gasteiger partial charge in [-0.05, 0) is 76.3 Å². The molecule has 0 saturated heterocycles. The molecule has 1 aromatic carbocycles. The van der Waals surface area contributed by atoms with E-state index in [1.807, 2.05) is 6.92 Å². The zero-order chi connectivity index (χ0) is 18.9. The Hall–Kier alpha value is -1.62. The van der Waals surface area contributed by atoms with E-state index in [1.165, 1.54) is 12.0 Å². The number of allylic oxidation sites excluding steroid dienone is 2. The summed E-state index contributed by atoms with van der Waals surface area (Å²) < 4.78 is 25.0. The fourth-order valence-electron chi connectivity index (χ4n) is 4.46. The lowest BCUT2D eigenvalue weighted by Gasteiger charge is -2.13. The minimum absolute atomic E-state index is 0.266. The predicted molar refractivity (Wildman–Crippen MR) is 107 cm³/mol. The SMILES string of the molecule is CC(C)=CCCC1(C)C2CCC/C(=N/NS(=O)(=O)c3ccc(C)cc3)C21. The number of hydrazone groups is 1. The van der Waals surface area contributed by atoms with Crippen molar-refractivity contribution < 1.29 is 8.42 Å². The number of nitrogens with one attached hydrogen (secondary N) is 1. The molecule has 142 valence electrons. The predicted octanol–water partition coefficient (Wildman–Crippen LogP) is 4.81. The van der Waals surface area contributed by atoms with Crippen molar-refractivity contribution >= 4 is 15.7 Å². The van der Waals surface area contributed by atoms with Gasteiger partial charge in [-0.3, -0.25) is 0 Å². The minimum Gasteiger partial charge on any atom is -0.200 e. The molecule has 5 heteroatoms. The van der Waals surface area contributed by atoms with Crippen molar-refractivity contribution in [3.63, 3.8) is 0 Å². The maximum absolute atomic E-state index is 12.5. The maximum atomic E-state index is 12.5. The molecule has 0 heterocycles. The normalized spacial score (nSPS) is 29.2. The van der Waals surface area contributed by atoms with Gasteiger partial charge in [0, 0.05) is 11.6 Å². The van der Waals surface area contributed by atoms with Crippen molar-refractivity contribution in [1.82, 2.24) is 4.83 Å². The van der Waals surface area contributed by atoms with Crippen molar-refractivity contribution in [3.8, 4) is 0 Å². The van der Waals surface area contributed by atoms with E-state index < -0.39 is 10.0 Å².